The molecule has 0 spiro atoms. The standard InChI is InChI=1S/C30H32NO5P/c1-3-35-29(33)28(27(32)26-21-14-22-31(26)30(34)36-4-2)37(23-15-8-5-9-16-23,24-17-10-6-11-18-24)25-19-12-7-13-20-25/h5-13,15-20,26H,3-4,14,21-22H2,1-2H3. The van der Waals surface area contributed by atoms with Crippen LogP contribution in [0.3, 0.4) is 0 Å². The lowest BCUT2D eigenvalue weighted by molar-refractivity contribution is -0.135. The van der Waals surface area contributed by atoms with Crippen LogP contribution in [0.2, 0.25) is 0 Å². The molecule has 0 bridgehead atoms. The van der Waals surface area contributed by atoms with E-state index in [4.69, 9.17) is 9.47 Å². The zero-order valence-corrected chi connectivity index (χ0v) is 22.1. The van der Waals surface area contributed by atoms with E-state index in [2.05, 4.69) is 0 Å². The van der Waals surface area contributed by atoms with E-state index in [0.29, 0.717) is 19.4 Å². The molecule has 7 heteroatoms. The summed E-state index contributed by atoms with van der Waals surface area (Å²) in [7, 11) is 0. The van der Waals surface area contributed by atoms with Crippen LogP contribution >= 0.6 is 6.89 Å². The largest absolute Gasteiger partial charge is 0.462 e. The van der Waals surface area contributed by atoms with Crippen LogP contribution in [0.5, 0.6) is 0 Å². The SMILES string of the molecule is CCOC(=O)C(C(=O)C1CCCN1C(=O)OCC)=P(c1ccccc1)(c1ccccc1)c1ccccc1. The average Bonchev–Trinajstić information content (AvgIpc) is 3.43. The third kappa shape index (κ3) is 5.12. The molecule has 0 aliphatic carbocycles. The number of amides is 1. The number of hydrogen-bond donors (Lipinski definition) is 0. The monoisotopic (exact) mass is 517 g/mol. The minimum absolute atomic E-state index is 0.0964. The van der Waals surface area contributed by atoms with E-state index in [1.54, 1.807) is 13.8 Å². The van der Waals surface area contributed by atoms with E-state index >= 15 is 0 Å². The minimum Gasteiger partial charge on any atom is -0.462 e. The van der Waals surface area contributed by atoms with Crippen molar-refractivity contribution in [3.05, 3.63) is 91.0 Å². The quantitative estimate of drug-likeness (QED) is 0.257. The Kier molecular flexibility index (Phi) is 8.62. The zero-order chi connectivity index (χ0) is 26.3. The molecule has 0 aromatic heterocycles. The van der Waals surface area contributed by atoms with Gasteiger partial charge in [0, 0.05) is 6.54 Å². The fourth-order valence-electron chi connectivity index (χ4n) is 5.01. The molecular weight excluding hydrogens is 485 g/mol. The highest BCUT2D eigenvalue weighted by atomic mass is 31.2. The van der Waals surface area contributed by atoms with Crippen molar-refractivity contribution in [2.45, 2.75) is 32.7 Å². The first-order valence-electron chi connectivity index (χ1n) is 12.6. The Hall–Kier alpha value is -3.63. The Bertz CT molecular complexity index is 1190. The topological polar surface area (TPSA) is 72.9 Å². The average molecular weight is 518 g/mol. The van der Waals surface area contributed by atoms with Gasteiger partial charge in [0.25, 0.3) is 0 Å². The third-order valence-corrected chi connectivity index (χ3v) is 10.8. The molecule has 1 atom stereocenters. The molecule has 1 heterocycles. The number of benzene rings is 3. The van der Waals surface area contributed by atoms with Crippen LogP contribution < -0.4 is 15.9 Å². The Labute approximate surface area is 218 Å². The number of likely N-dealkylation sites (tertiary alicyclic amines) is 1. The van der Waals surface area contributed by atoms with Crippen molar-refractivity contribution in [1.82, 2.24) is 4.90 Å². The van der Waals surface area contributed by atoms with Crippen LogP contribution in [0.15, 0.2) is 91.0 Å². The molecule has 1 aliphatic heterocycles. The predicted molar refractivity (Wildman–Crippen MR) is 149 cm³/mol. The van der Waals surface area contributed by atoms with Crippen LogP contribution in [-0.2, 0) is 19.1 Å². The van der Waals surface area contributed by atoms with Crippen LogP contribution in [0, 0.1) is 0 Å². The zero-order valence-electron chi connectivity index (χ0n) is 21.2. The van der Waals surface area contributed by atoms with Crippen molar-refractivity contribution in [3.8, 4) is 0 Å². The van der Waals surface area contributed by atoms with Gasteiger partial charge in [-0.15, -0.1) is 0 Å². The van der Waals surface area contributed by atoms with E-state index in [9.17, 15) is 14.4 Å². The molecule has 1 amide bonds. The summed E-state index contributed by atoms with van der Waals surface area (Å²) in [5.74, 6) is -1.03. The smallest absolute Gasteiger partial charge is 0.410 e. The van der Waals surface area contributed by atoms with Gasteiger partial charge in [0.15, 0.2) is 5.78 Å². The van der Waals surface area contributed by atoms with E-state index in [1.165, 1.54) is 4.90 Å². The van der Waals surface area contributed by atoms with E-state index in [-0.39, 0.29) is 24.3 Å². The Balaban J connectivity index is 2.13. The first kappa shape index (κ1) is 26.4. The van der Waals surface area contributed by atoms with Crippen molar-refractivity contribution < 1.29 is 23.9 Å². The summed E-state index contributed by atoms with van der Waals surface area (Å²) in [5, 5.41) is 2.69. The number of carbonyl (C=O) groups is 3. The molecule has 1 fully saturated rings. The number of ether oxygens (including phenoxy) is 2. The summed E-state index contributed by atoms with van der Waals surface area (Å²) in [6.45, 7) is 1.18. The van der Waals surface area contributed by atoms with Crippen molar-refractivity contribution in [2.24, 2.45) is 0 Å². The summed E-state index contributed by atoms with van der Waals surface area (Å²) in [6.07, 6.45) is 0.571. The highest BCUT2D eigenvalue weighted by molar-refractivity contribution is 7.97. The fourth-order valence-corrected chi connectivity index (χ4v) is 9.36. The second-order valence-corrected chi connectivity index (χ2v) is 12.0. The first-order chi connectivity index (χ1) is 18.1. The number of esters is 1. The Morgan fingerprint density at radius 3 is 1.65 bits per heavy atom. The molecule has 0 N–H and O–H groups in total. The molecular formula is C30H32NO5P. The van der Waals surface area contributed by atoms with Crippen LogP contribution in [-0.4, -0.2) is 53.8 Å². The molecule has 1 unspecified atom stereocenters. The summed E-state index contributed by atoms with van der Waals surface area (Å²) < 4.78 is 10.8. The van der Waals surface area contributed by atoms with Gasteiger partial charge >= 0.3 is 12.1 Å². The molecule has 1 aliphatic rings. The van der Waals surface area contributed by atoms with E-state index in [0.717, 1.165) is 15.9 Å². The van der Waals surface area contributed by atoms with Crippen molar-refractivity contribution in [2.75, 3.05) is 19.8 Å². The summed E-state index contributed by atoms with van der Waals surface area (Å²) in [4.78, 5) is 42.7. The molecule has 4 rings (SSSR count). The van der Waals surface area contributed by atoms with Gasteiger partial charge in [0.1, 0.15) is 5.29 Å². The van der Waals surface area contributed by atoms with Gasteiger partial charge in [-0.25, -0.2) is 9.59 Å². The maximum Gasteiger partial charge on any atom is 0.410 e. The lowest BCUT2D eigenvalue weighted by atomic mass is 10.1. The summed E-state index contributed by atoms with van der Waals surface area (Å²) >= 11 is 0. The van der Waals surface area contributed by atoms with Gasteiger partial charge in [0.05, 0.1) is 19.3 Å². The molecule has 3 aromatic carbocycles. The van der Waals surface area contributed by atoms with Gasteiger partial charge in [-0.2, -0.15) is 0 Å². The van der Waals surface area contributed by atoms with Gasteiger partial charge in [0.2, 0.25) is 0 Å². The first-order valence-corrected chi connectivity index (χ1v) is 14.4. The molecule has 6 nitrogen and oxygen atoms in total. The second kappa shape index (κ2) is 12.1. The number of rotatable bonds is 8. The molecule has 0 radical (unpaired) electrons. The predicted octanol–water partition coefficient (Wildman–Crippen LogP) is 3.91. The number of hydrogen-bond acceptors (Lipinski definition) is 5. The maximum absolute atomic E-state index is 14.6. The van der Waals surface area contributed by atoms with E-state index < -0.39 is 25.0 Å². The number of nitrogens with zero attached hydrogens (tertiary/aromatic N) is 1. The number of ketones is 1. The normalized spacial score (nSPS) is 15.2. The Morgan fingerprint density at radius 1 is 0.757 bits per heavy atom. The van der Waals surface area contributed by atoms with Crippen molar-refractivity contribution >= 4 is 45.9 Å². The number of Topliss-reactive ketones (excluding diaryl/α,β-unsaturated/α-hetero) is 1. The highest BCUT2D eigenvalue weighted by Crippen LogP contribution is 2.47. The van der Waals surface area contributed by atoms with E-state index in [1.807, 2.05) is 91.0 Å². The molecule has 1 saturated heterocycles. The molecule has 192 valence electrons. The second-order valence-electron chi connectivity index (χ2n) is 8.66. The van der Waals surface area contributed by atoms with Gasteiger partial charge < -0.3 is 9.47 Å². The van der Waals surface area contributed by atoms with Crippen molar-refractivity contribution in [3.63, 3.8) is 0 Å². The maximum atomic E-state index is 14.6. The van der Waals surface area contributed by atoms with Crippen molar-refractivity contribution in [1.29, 1.82) is 0 Å². The third-order valence-electron chi connectivity index (χ3n) is 6.53. The molecule has 3 aromatic rings. The molecule has 0 saturated carbocycles. The van der Waals surface area contributed by atoms with Crippen LogP contribution in [0.1, 0.15) is 26.7 Å². The van der Waals surface area contributed by atoms with Gasteiger partial charge in [-0.05, 0) is 49.5 Å². The van der Waals surface area contributed by atoms with Gasteiger partial charge in [-0.1, -0.05) is 91.0 Å². The van der Waals surface area contributed by atoms with Crippen LogP contribution in [0.25, 0.3) is 0 Å². The Morgan fingerprint density at radius 2 is 1.22 bits per heavy atom. The van der Waals surface area contributed by atoms with Crippen LogP contribution in [0.4, 0.5) is 4.79 Å². The fraction of sp³-hybridized carbons (Fsp3) is 0.267. The highest BCUT2D eigenvalue weighted by Gasteiger charge is 2.44. The lowest BCUT2D eigenvalue weighted by Gasteiger charge is -2.33. The summed E-state index contributed by atoms with van der Waals surface area (Å²) in [5.41, 5.74) is 0. The lowest BCUT2D eigenvalue weighted by Crippen LogP contribution is -2.48. The molecule has 37 heavy (non-hydrogen) atoms. The van der Waals surface area contributed by atoms with Gasteiger partial charge in [-0.3, -0.25) is 9.69 Å². The number of carbonyl (C=O) groups excluding carboxylic acids is 3. The minimum atomic E-state index is -3.02. The summed E-state index contributed by atoms with van der Waals surface area (Å²) in [6, 6.07) is 28.3.